The SMILES string of the molecule is Cc1ccc(F)cc1NC(=O)COc1ccccc1CN. The molecule has 2 aromatic rings. The molecule has 3 N–H and O–H groups in total. The second-order valence-corrected chi connectivity index (χ2v) is 4.61. The third-order valence-electron chi connectivity index (χ3n) is 3.02. The maximum Gasteiger partial charge on any atom is 0.262 e. The van der Waals surface area contributed by atoms with Crippen molar-refractivity contribution < 1.29 is 13.9 Å². The van der Waals surface area contributed by atoms with Gasteiger partial charge in [0.05, 0.1) is 0 Å². The topological polar surface area (TPSA) is 64.3 Å². The molecule has 1 amide bonds. The van der Waals surface area contributed by atoms with Gasteiger partial charge in [0, 0.05) is 17.8 Å². The molecular formula is C16H17FN2O2. The highest BCUT2D eigenvalue weighted by molar-refractivity contribution is 5.92. The number of amides is 1. The van der Waals surface area contributed by atoms with Gasteiger partial charge in [-0.05, 0) is 30.7 Å². The summed E-state index contributed by atoms with van der Waals surface area (Å²) in [7, 11) is 0. The molecule has 0 bridgehead atoms. The first-order chi connectivity index (χ1) is 10.1. The summed E-state index contributed by atoms with van der Waals surface area (Å²) in [6, 6.07) is 11.5. The van der Waals surface area contributed by atoms with Crippen molar-refractivity contribution in [2.75, 3.05) is 11.9 Å². The first-order valence-electron chi connectivity index (χ1n) is 6.57. The Hall–Kier alpha value is -2.40. The number of para-hydroxylation sites is 1. The molecule has 110 valence electrons. The lowest BCUT2D eigenvalue weighted by molar-refractivity contribution is -0.118. The van der Waals surface area contributed by atoms with Crippen molar-refractivity contribution in [1.82, 2.24) is 0 Å². The van der Waals surface area contributed by atoms with E-state index in [0.29, 0.717) is 18.0 Å². The number of rotatable bonds is 5. The summed E-state index contributed by atoms with van der Waals surface area (Å²) in [5, 5.41) is 2.62. The average molecular weight is 288 g/mol. The normalized spacial score (nSPS) is 10.2. The number of nitrogens with one attached hydrogen (secondary N) is 1. The molecule has 0 aliphatic rings. The van der Waals surface area contributed by atoms with E-state index in [-0.39, 0.29) is 12.5 Å². The van der Waals surface area contributed by atoms with Crippen molar-refractivity contribution in [3.8, 4) is 5.75 Å². The van der Waals surface area contributed by atoms with E-state index in [2.05, 4.69) is 5.32 Å². The maximum atomic E-state index is 13.2. The molecule has 2 rings (SSSR count). The quantitative estimate of drug-likeness (QED) is 0.889. The van der Waals surface area contributed by atoms with E-state index in [1.54, 1.807) is 19.1 Å². The molecule has 0 aliphatic heterocycles. The molecule has 0 spiro atoms. The molecule has 21 heavy (non-hydrogen) atoms. The van der Waals surface area contributed by atoms with Crippen LogP contribution in [0.4, 0.5) is 10.1 Å². The Bertz CT molecular complexity index is 644. The van der Waals surface area contributed by atoms with Crippen LogP contribution in [0, 0.1) is 12.7 Å². The molecule has 2 aromatic carbocycles. The third kappa shape index (κ3) is 4.03. The van der Waals surface area contributed by atoms with Gasteiger partial charge in [-0.2, -0.15) is 0 Å². The van der Waals surface area contributed by atoms with Crippen molar-refractivity contribution in [1.29, 1.82) is 0 Å². The Morgan fingerprint density at radius 3 is 2.81 bits per heavy atom. The molecule has 0 aliphatic carbocycles. The van der Waals surface area contributed by atoms with Gasteiger partial charge in [0.2, 0.25) is 0 Å². The fraction of sp³-hybridized carbons (Fsp3) is 0.188. The van der Waals surface area contributed by atoms with Crippen LogP contribution < -0.4 is 15.8 Å². The Morgan fingerprint density at radius 2 is 2.05 bits per heavy atom. The zero-order valence-corrected chi connectivity index (χ0v) is 11.7. The molecule has 4 nitrogen and oxygen atoms in total. The van der Waals surface area contributed by atoms with Crippen LogP contribution in [0.15, 0.2) is 42.5 Å². The monoisotopic (exact) mass is 288 g/mol. The summed E-state index contributed by atoms with van der Waals surface area (Å²) in [5.41, 5.74) is 7.65. The van der Waals surface area contributed by atoms with E-state index in [1.807, 2.05) is 18.2 Å². The number of anilines is 1. The molecule has 0 fully saturated rings. The molecule has 0 saturated carbocycles. The third-order valence-corrected chi connectivity index (χ3v) is 3.02. The molecule has 0 saturated heterocycles. The highest BCUT2D eigenvalue weighted by atomic mass is 19.1. The first kappa shape index (κ1) is 15.0. The van der Waals surface area contributed by atoms with E-state index < -0.39 is 5.82 Å². The lowest BCUT2D eigenvalue weighted by Crippen LogP contribution is -2.21. The van der Waals surface area contributed by atoms with E-state index in [1.165, 1.54) is 12.1 Å². The van der Waals surface area contributed by atoms with Crippen LogP contribution >= 0.6 is 0 Å². The minimum Gasteiger partial charge on any atom is -0.483 e. The summed E-state index contributed by atoms with van der Waals surface area (Å²) in [6.45, 7) is 1.97. The Kier molecular flexibility index (Phi) is 4.90. The molecule has 0 radical (unpaired) electrons. The molecule has 0 heterocycles. The van der Waals surface area contributed by atoms with Gasteiger partial charge in [0.25, 0.3) is 5.91 Å². The van der Waals surface area contributed by atoms with Crippen molar-refractivity contribution in [2.24, 2.45) is 5.73 Å². The van der Waals surface area contributed by atoms with E-state index >= 15 is 0 Å². The van der Waals surface area contributed by atoms with Gasteiger partial charge < -0.3 is 15.8 Å². The molecule has 0 atom stereocenters. The van der Waals surface area contributed by atoms with Gasteiger partial charge in [0.15, 0.2) is 6.61 Å². The minimum absolute atomic E-state index is 0.160. The van der Waals surface area contributed by atoms with Gasteiger partial charge in [-0.1, -0.05) is 24.3 Å². The van der Waals surface area contributed by atoms with Crippen LogP contribution in [0.3, 0.4) is 0 Å². The number of benzene rings is 2. The number of hydrogen-bond acceptors (Lipinski definition) is 3. The van der Waals surface area contributed by atoms with Gasteiger partial charge in [0.1, 0.15) is 11.6 Å². The molecule has 0 unspecified atom stereocenters. The summed E-state index contributed by atoms with van der Waals surface area (Å²) in [4.78, 5) is 11.9. The van der Waals surface area contributed by atoms with Crippen molar-refractivity contribution >= 4 is 11.6 Å². The van der Waals surface area contributed by atoms with Crippen LogP contribution in [0.5, 0.6) is 5.75 Å². The van der Waals surface area contributed by atoms with Crippen LogP contribution in [0.2, 0.25) is 0 Å². The van der Waals surface area contributed by atoms with Crippen LogP contribution in [0.1, 0.15) is 11.1 Å². The standard InChI is InChI=1S/C16H17FN2O2/c1-11-6-7-13(17)8-14(11)19-16(20)10-21-15-5-3-2-4-12(15)9-18/h2-8H,9-10,18H2,1H3,(H,19,20). The number of nitrogens with two attached hydrogens (primary N) is 1. The lowest BCUT2D eigenvalue weighted by atomic mass is 10.2. The van der Waals surface area contributed by atoms with Gasteiger partial charge in [-0.25, -0.2) is 4.39 Å². The van der Waals surface area contributed by atoms with Crippen LogP contribution in [-0.4, -0.2) is 12.5 Å². The molecule has 0 aromatic heterocycles. The van der Waals surface area contributed by atoms with E-state index in [4.69, 9.17) is 10.5 Å². The zero-order valence-electron chi connectivity index (χ0n) is 11.7. The van der Waals surface area contributed by atoms with Crippen LogP contribution in [0.25, 0.3) is 0 Å². The maximum absolute atomic E-state index is 13.2. The Morgan fingerprint density at radius 1 is 1.29 bits per heavy atom. The Balaban J connectivity index is 1.97. The predicted molar refractivity (Wildman–Crippen MR) is 79.6 cm³/mol. The molecular weight excluding hydrogens is 271 g/mol. The summed E-state index contributed by atoms with van der Waals surface area (Å²) in [5.74, 6) is -0.174. The number of ether oxygens (including phenoxy) is 1. The second-order valence-electron chi connectivity index (χ2n) is 4.61. The summed E-state index contributed by atoms with van der Waals surface area (Å²) in [6.07, 6.45) is 0. The summed E-state index contributed by atoms with van der Waals surface area (Å²) >= 11 is 0. The fourth-order valence-electron chi connectivity index (χ4n) is 1.87. The number of hydrogen-bond donors (Lipinski definition) is 2. The smallest absolute Gasteiger partial charge is 0.262 e. The van der Waals surface area contributed by atoms with Crippen molar-refractivity contribution in [3.05, 3.63) is 59.4 Å². The average Bonchev–Trinajstić information content (AvgIpc) is 2.49. The first-order valence-corrected chi connectivity index (χ1v) is 6.57. The van der Waals surface area contributed by atoms with Gasteiger partial charge in [-0.15, -0.1) is 0 Å². The second kappa shape index (κ2) is 6.85. The zero-order chi connectivity index (χ0) is 15.2. The van der Waals surface area contributed by atoms with Gasteiger partial charge >= 0.3 is 0 Å². The fourth-order valence-corrected chi connectivity index (χ4v) is 1.87. The summed E-state index contributed by atoms with van der Waals surface area (Å²) < 4.78 is 18.6. The van der Waals surface area contributed by atoms with E-state index in [0.717, 1.165) is 11.1 Å². The number of halogens is 1. The van der Waals surface area contributed by atoms with E-state index in [9.17, 15) is 9.18 Å². The van der Waals surface area contributed by atoms with Crippen molar-refractivity contribution in [3.63, 3.8) is 0 Å². The number of aryl methyl sites for hydroxylation is 1. The predicted octanol–water partition coefficient (Wildman–Crippen LogP) is 2.61. The Labute approximate surface area is 122 Å². The molecule has 5 heteroatoms. The number of carbonyl (C=O) groups is 1. The van der Waals surface area contributed by atoms with Crippen LogP contribution in [-0.2, 0) is 11.3 Å². The number of carbonyl (C=O) groups excluding carboxylic acids is 1. The van der Waals surface area contributed by atoms with Crippen molar-refractivity contribution in [2.45, 2.75) is 13.5 Å². The highest BCUT2D eigenvalue weighted by Crippen LogP contribution is 2.18. The highest BCUT2D eigenvalue weighted by Gasteiger charge is 2.08. The van der Waals surface area contributed by atoms with Gasteiger partial charge in [-0.3, -0.25) is 4.79 Å². The lowest BCUT2D eigenvalue weighted by Gasteiger charge is -2.11. The minimum atomic E-state index is -0.398. The largest absolute Gasteiger partial charge is 0.483 e.